The highest BCUT2D eigenvalue weighted by molar-refractivity contribution is 5.87. The lowest BCUT2D eigenvalue weighted by atomic mass is 9.94. The lowest BCUT2D eigenvalue weighted by Gasteiger charge is -2.33. The second-order valence-electron chi connectivity index (χ2n) is 5.48. The smallest absolute Gasteiger partial charge is 0.326 e. The first-order chi connectivity index (χ1) is 8.18. The zero-order valence-electron chi connectivity index (χ0n) is 9.76. The Kier molecular flexibility index (Phi) is 2.58. The van der Waals surface area contributed by atoms with Gasteiger partial charge in [-0.3, -0.25) is 4.79 Å². The van der Waals surface area contributed by atoms with Crippen LogP contribution in [0, 0.1) is 17.8 Å². The van der Waals surface area contributed by atoms with E-state index in [1.165, 1.54) is 0 Å². The van der Waals surface area contributed by atoms with Gasteiger partial charge in [0.25, 0.3) is 0 Å². The Bertz CT molecular complexity index is 354. The maximum Gasteiger partial charge on any atom is 0.326 e. The molecule has 0 spiro atoms. The number of carbonyl (C=O) groups excluding carboxylic acids is 1. The number of aliphatic carboxylic acids is 1. The van der Waals surface area contributed by atoms with Gasteiger partial charge in [-0.1, -0.05) is 6.42 Å². The third-order valence-corrected chi connectivity index (χ3v) is 4.56. The van der Waals surface area contributed by atoms with Crippen LogP contribution < -0.4 is 5.32 Å². The van der Waals surface area contributed by atoms with E-state index in [0.717, 1.165) is 19.3 Å². The van der Waals surface area contributed by atoms with Crippen LogP contribution in [0.3, 0.4) is 0 Å². The molecule has 5 nitrogen and oxygen atoms in total. The van der Waals surface area contributed by atoms with Crippen LogP contribution in [0.2, 0.25) is 0 Å². The first-order valence-electron chi connectivity index (χ1n) is 6.42. The van der Waals surface area contributed by atoms with E-state index in [0.29, 0.717) is 25.6 Å². The summed E-state index contributed by atoms with van der Waals surface area (Å²) in [5.41, 5.74) is 0. The molecule has 2 heterocycles. The summed E-state index contributed by atoms with van der Waals surface area (Å²) in [6.45, 7) is 2.07. The Morgan fingerprint density at radius 1 is 1.24 bits per heavy atom. The summed E-state index contributed by atoms with van der Waals surface area (Å²) in [5, 5.41) is 12.4. The standard InChI is InChI=1S/C12H18N2O3/c15-11(8-4-13-5-8)14-6-7-2-1-3-9(7)10(14)12(16)17/h7-10,13H,1-6H2,(H,16,17). The number of likely N-dealkylation sites (tertiary alicyclic amines) is 1. The maximum atomic E-state index is 12.2. The van der Waals surface area contributed by atoms with E-state index in [4.69, 9.17) is 0 Å². The van der Waals surface area contributed by atoms with Gasteiger partial charge in [-0.2, -0.15) is 0 Å². The van der Waals surface area contributed by atoms with Crippen molar-refractivity contribution in [2.45, 2.75) is 25.3 Å². The van der Waals surface area contributed by atoms with Crippen molar-refractivity contribution in [1.29, 1.82) is 0 Å². The number of nitrogens with zero attached hydrogens (tertiary/aromatic N) is 1. The minimum Gasteiger partial charge on any atom is -0.480 e. The number of fused-ring (bicyclic) bond motifs is 1. The Hall–Kier alpha value is -1.10. The Morgan fingerprint density at radius 2 is 2.00 bits per heavy atom. The largest absolute Gasteiger partial charge is 0.480 e. The summed E-state index contributed by atoms with van der Waals surface area (Å²) < 4.78 is 0. The van der Waals surface area contributed by atoms with Crippen LogP contribution in [0.25, 0.3) is 0 Å². The molecular weight excluding hydrogens is 220 g/mol. The number of hydrogen-bond donors (Lipinski definition) is 2. The Labute approximate surface area is 100 Å². The molecule has 17 heavy (non-hydrogen) atoms. The molecule has 0 bridgehead atoms. The highest BCUT2D eigenvalue weighted by Gasteiger charge is 2.50. The second kappa shape index (κ2) is 3.98. The van der Waals surface area contributed by atoms with E-state index >= 15 is 0 Å². The Balaban J connectivity index is 1.79. The first kappa shape index (κ1) is 11.0. The van der Waals surface area contributed by atoms with E-state index in [1.807, 2.05) is 0 Å². The summed E-state index contributed by atoms with van der Waals surface area (Å²) >= 11 is 0. The summed E-state index contributed by atoms with van der Waals surface area (Å²) in [4.78, 5) is 25.2. The highest BCUT2D eigenvalue weighted by Crippen LogP contribution is 2.42. The van der Waals surface area contributed by atoms with Gasteiger partial charge in [0.05, 0.1) is 5.92 Å². The van der Waals surface area contributed by atoms with Crippen molar-refractivity contribution in [3.05, 3.63) is 0 Å². The van der Waals surface area contributed by atoms with E-state index in [9.17, 15) is 14.7 Å². The summed E-state index contributed by atoms with van der Waals surface area (Å²) in [5.74, 6) is -0.140. The van der Waals surface area contributed by atoms with Gasteiger partial charge in [-0.25, -0.2) is 4.79 Å². The van der Waals surface area contributed by atoms with Crippen molar-refractivity contribution in [3.63, 3.8) is 0 Å². The number of carboxylic acids is 1. The van der Waals surface area contributed by atoms with Crippen molar-refractivity contribution < 1.29 is 14.7 Å². The fraction of sp³-hybridized carbons (Fsp3) is 0.833. The van der Waals surface area contributed by atoms with Gasteiger partial charge in [0.2, 0.25) is 5.91 Å². The monoisotopic (exact) mass is 238 g/mol. The van der Waals surface area contributed by atoms with Crippen LogP contribution in [-0.4, -0.2) is 47.6 Å². The van der Waals surface area contributed by atoms with Gasteiger partial charge in [0.1, 0.15) is 6.04 Å². The van der Waals surface area contributed by atoms with Gasteiger partial charge in [-0.05, 0) is 24.7 Å². The molecule has 3 fully saturated rings. The molecule has 2 saturated heterocycles. The number of rotatable bonds is 2. The van der Waals surface area contributed by atoms with E-state index in [-0.39, 0.29) is 17.7 Å². The van der Waals surface area contributed by atoms with Crippen molar-refractivity contribution in [3.8, 4) is 0 Å². The molecule has 1 saturated carbocycles. The van der Waals surface area contributed by atoms with E-state index in [2.05, 4.69) is 5.32 Å². The van der Waals surface area contributed by atoms with Crippen molar-refractivity contribution >= 4 is 11.9 Å². The number of hydrogen-bond acceptors (Lipinski definition) is 3. The Morgan fingerprint density at radius 3 is 2.59 bits per heavy atom. The van der Waals surface area contributed by atoms with Gasteiger partial charge in [-0.15, -0.1) is 0 Å². The molecule has 0 aromatic heterocycles. The summed E-state index contributed by atoms with van der Waals surface area (Å²) in [7, 11) is 0. The summed E-state index contributed by atoms with van der Waals surface area (Å²) in [6, 6.07) is -0.560. The van der Waals surface area contributed by atoms with Gasteiger partial charge in [0.15, 0.2) is 0 Å². The van der Waals surface area contributed by atoms with Gasteiger partial charge < -0.3 is 15.3 Å². The lowest BCUT2D eigenvalue weighted by molar-refractivity contribution is -0.152. The number of carboxylic acid groups (broad SMARTS) is 1. The maximum absolute atomic E-state index is 12.2. The molecule has 1 amide bonds. The number of carbonyl (C=O) groups is 2. The van der Waals surface area contributed by atoms with Crippen molar-refractivity contribution in [2.24, 2.45) is 17.8 Å². The van der Waals surface area contributed by atoms with Gasteiger partial charge in [0, 0.05) is 19.6 Å². The topological polar surface area (TPSA) is 69.6 Å². The molecule has 0 radical (unpaired) electrons. The number of amides is 1. The van der Waals surface area contributed by atoms with Crippen molar-refractivity contribution in [1.82, 2.24) is 10.2 Å². The molecule has 3 unspecified atom stereocenters. The molecular formula is C12H18N2O3. The second-order valence-corrected chi connectivity index (χ2v) is 5.48. The third kappa shape index (κ3) is 1.64. The fourth-order valence-electron chi connectivity index (χ4n) is 3.55. The lowest BCUT2D eigenvalue weighted by Crippen LogP contribution is -2.54. The van der Waals surface area contributed by atoms with E-state index < -0.39 is 12.0 Å². The first-order valence-corrected chi connectivity index (χ1v) is 6.42. The third-order valence-electron chi connectivity index (χ3n) is 4.56. The van der Waals surface area contributed by atoms with Crippen LogP contribution in [0.5, 0.6) is 0 Å². The summed E-state index contributed by atoms with van der Waals surface area (Å²) in [6.07, 6.45) is 3.17. The molecule has 3 atom stereocenters. The molecule has 0 aromatic carbocycles. The average Bonchev–Trinajstić information content (AvgIpc) is 2.70. The van der Waals surface area contributed by atoms with Crippen LogP contribution in [0.4, 0.5) is 0 Å². The molecule has 94 valence electrons. The number of nitrogens with one attached hydrogen (secondary N) is 1. The molecule has 3 rings (SSSR count). The van der Waals surface area contributed by atoms with Crippen LogP contribution >= 0.6 is 0 Å². The fourth-order valence-corrected chi connectivity index (χ4v) is 3.55. The molecule has 2 N–H and O–H groups in total. The van der Waals surface area contributed by atoms with Crippen LogP contribution in [0.15, 0.2) is 0 Å². The minimum absolute atomic E-state index is 0.00989. The van der Waals surface area contributed by atoms with Crippen molar-refractivity contribution in [2.75, 3.05) is 19.6 Å². The zero-order chi connectivity index (χ0) is 12.0. The van der Waals surface area contributed by atoms with Gasteiger partial charge >= 0.3 is 5.97 Å². The molecule has 3 aliphatic rings. The van der Waals surface area contributed by atoms with Crippen LogP contribution in [0.1, 0.15) is 19.3 Å². The predicted octanol–water partition coefficient (Wildman–Crippen LogP) is -0.0825. The SMILES string of the molecule is O=C(O)C1C2CCCC2CN1C(=O)C1CNC1. The molecule has 5 heteroatoms. The van der Waals surface area contributed by atoms with Crippen LogP contribution in [-0.2, 0) is 9.59 Å². The molecule has 0 aromatic rings. The quantitative estimate of drug-likeness (QED) is 0.706. The average molecular weight is 238 g/mol. The normalized spacial score (nSPS) is 36.7. The predicted molar refractivity (Wildman–Crippen MR) is 60.3 cm³/mol. The highest BCUT2D eigenvalue weighted by atomic mass is 16.4. The molecule has 1 aliphatic carbocycles. The minimum atomic E-state index is -0.819. The van der Waals surface area contributed by atoms with E-state index in [1.54, 1.807) is 4.90 Å². The zero-order valence-corrected chi connectivity index (χ0v) is 9.76. The molecule has 2 aliphatic heterocycles.